The van der Waals surface area contributed by atoms with Crippen LogP contribution in [0.2, 0.25) is 0 Å². The molecule has 0 aromatic heterocycles. The molecule has 0 unspecified atom stereocenters. The van der Waals surface area contributed by atoms with Gasteiger partial charge in [-0.05, 0) is 12.5 Å². The third-order valence-electron chi connectivity index (χ3n) is 2.87. The van der Waals surface area contributed by atoms with Crippen LogP contribution in [0.1, 0.15) is 51.0 Å². The molecule has 0 bridgehead atoms. The van der Waals surface area contributed by atoms with E-state index in [2.05, 4.69) is 28.9 Å². The van der Waals surface area contributed by atoms with Crippen LogP contribution in [0.5, 0.6) is 5.75 Å². The van der Waals surface area contributed by atoms with Crippen LogP contribution in [0.15, 0.2) is 24.3 Å². The predicted molar refractivity (Wildman–Crippen MR) is 77.9 cm³/mol. The summed E-state index contributed by atoms with van der Waals surface area (Å²) >= 11 is 3.48. The highest BCUT2D eigenvalue weighted by Crippen LogP contribution is 2.20. The van der Waals surface area contributed by atoms with Crippen molar-refractivity contribution in [2.75, 3.05) is 6.61 Å². The van der Waals surface area contributed by atoms with Crippen molar-refractivity contribution in [2.24, 2.45) is 0 Å². The zero-order valence-corrected chi connectivity index (χ0v) is 12.3. The van der Waals surface area contributed by atoms with Crippen LogP contribution in [0.4, 0.5) is 0 Å². The van der Waals surface area contributed by atoms with Gasteiger partial charge >= 0.3 is 0 Å². The third-order valence-corrected chi connectivity index (χ3v) is 3.48. The van der Waals surface area contributed by atoms with E-state index in [1.54, 1.807) is 0 Å². The molecule has 1 aromatic rings. The summed E-state index contributed by atoms with van der Waals surface area (Å²) < 4.78 is 5.80. The minimum atomic E-state index is 0.843. The summed E-state index contributed by atoms with van der Waals surface area (Å²) in [6.07, 6.45) is 7.85. The molecular formula is C15H23BrO. The SMILES string of the molecule is CCCCCCCCOc1ccccc1CBr. The molecular weight excluding hydrogens is 276 g/mol. The molecule has 0 spiro atoms. The highest BCUT2D eigenvalue weighted by atomic mass is 79.9. The molecule has 0 aliphatic heterocycles. The van der Waals surface area contributed by atoms with Gasteiger partial charge in [0.25, 0.3) is 0 Å². The fourth-order valence-corrected chi connectivity index (χ4v) is 2.28. The molecule has 0 radical (unpaired) electrons. The van der Waals surface area contributed by atoms with Gasteiger partial charge in [-0.15, -0.1) is 0 Å². The van der Waals surface area contributed by atoms with E-state index < -0.39 is 0 Å². The molecule has 0 aliphatic carbocycles. The Bertz CT molecular complexity index is 299. The number of benzene rings is 1. The van der Waals surface area contributed by atoms with Crippen LogP contribution in [-0.4, -0.2) is 6.61 Å². The number of para-hydroxylation sites is 1. The predicted octanol–water partition coefficient (Wildman–Crippen LogP) is 5.32. The monoisotopic (exact) mass is 298 g/mol. The average Bonchev–Trinajstić information content (AvgIpc) is 2.38. The van der Waals surface area contributed by atoms with Gasteiger partial charge in [0.2, 0.25) is 0 Å². The van der Waals surface area contributed by atoms with Crippen molar-refractivity contribution in [1.82, 2.24) is 0 Å². The molecule has 0 aliphatic rings. The molecule has 2 heteroatoms. The minimum absolute atomic E-state index is 0.843. The lowest BCUT2D eigenvalue weighted by Crippen LogP contribution is -1.99. The smallest absolute Gasteiger partial charge is 0.123 e. The maximum atomic E-state index is 5.80. The summed E-state index contributed by atoms with van der Waals surface area (Å²) in [4.78, 5) is 0. The maximum Gasteiger partial charge on any atom is 0.123 e. The van der Waals surface area contributed by atoms with E-state index in [0.29, 0.717) is 0 Å². The standard InChI is InChI=1S/C15H23BrO/c1-2-3-4-5-6-9-12-17-15-11-8-7-10-14(15)13-16/h7-8,10-11H,2-6,9,12-13H2,1H3. The fraction of sp³-hybridized carbons (Fsp3) is 0.600. The fourth-order valence-electron chi connectivity index (χ4n) is 1.82. The van der Waals surface area contributed by atoms with E-state index in [0.717, 1.165) is 17.7 Å². The molecule has 0 amide bonds. The van der Waals surface area contributed by atoms with Gasteiger partial charge < -0.3 is 4.74 Å². The lowest BCUT2D eigenvalue weighted by atomic mass is 10.1. The Balaban J connectivity index is 2.13. The summed E-state index contributed by atoms with van der Waals surface area (Å²) in [5.41, 5.74) is 1.23. The van der Waals surface area contributed by atoms with E-state index in [-0.39, 0.29) is 0 Å². The van der Waals surface area contributed by atoms with Gasteiger partial charge in [0.15, 0.2) is 0 Å². The zero-order valence-electron chi connectivity index (χ0n) is 10.8. The summed E-state index contributed by atoms with van der Waals surface area (Å²) in [7, 11) is 0. The van der Waals surface area contributed by atoms with Crippen molar-refractivity contribution in [3.8, 4) is 5.75 Å². The average molecular weight is 299 g/mol. The highest BCUT2D eigenvalue weighted by Gasteiger charge is 2.00. The Morgan fingerprint density at radius 2 is 1.71 bits per heavy atom. The van der Waals surface area contributed by atoms with E-state index in [1.807, 2.05) is 18.2 Å². The van der Waals surface area contributed by atoms with Crippen molar-refractivity contribution in [3.05, 3.63) is 29.8 Å². The van der Waals surface area contributed by atoms with Gasteiger partial charge in [0.1, 0.15) is 5.75 Å². The Kier molecular flexibility index (Phi) is 8.16. The van der Waals surface area contributed by atoms with Gasteiger partial charge in [-0.3, -0.25) is 0 Å². The first-order valence-corrected chi connectivity index (χ1v) is 7.77. The molecule has 0 fully saturated rings. The van der Waals surface area contributed by atoms with E-state index in [9.17, 15) is 0 Å². The molecule has 1 nitrogen and oxygen atoms in total. The summed E-state index contributed by atoms with van der Waals surface area (Å²) in [6, 6.07) is 8.23. The Hall–Kier alpha value is -0.500. The van der Waals surface area contributed by atoms with Gasteiger partial charge in [-0.25, -0.2) is 0 Å². The number of rotatable bonds is 9. The molecule has 0 saturated carbocycles. The van der Waals surface area contributed by atoms with E-state index in [4.69, 9.17) is 4.74 Å². The molecule has 0 heterocycles. The Labute approximate surface area is 114 Å². The van der Waals surface area contributed by atoms with Crippen molar-refractivity contribution in [3.63, 3.8) is 0 Å². The minimum Gasteiger partial charge on any atom is -0.493 e. The lowest BCUT2D eigenvalue weighted by Gasteiger charge is -2.09. The normalized spacial score (nSPS) is 10.5. The topological polar surface area (TPSA) is 9.23 Å². The van der Waals surface area contributed by atoms with Crippen LogP contribution in [0.3, 0.4) is 0 Å². The van der Waals surface area contributed by atoms with Crippen molar-refractivity contribution >= 4 is 15.9 Å². The van der Waals surface area contributed by atoms with Gasteiger partial charge in [-0.2, -0.15) is 0 Å². The number of hydrogen-bond donors (Lipinski definition) is 0. The van der Waals surface area contributed by atoms with E-state index >= 15 is 0 Å². The number of hydrogen-bond acceptors (Lipinski definition) is 1. The lowest BCUT2D eigenvalue weighted by molar-refractivity contribution is 0.302. The van der Waals surface area contributed by atoms with Crippen LogP contribution in [0.25, 0.3) is 0 Å². The van der Waals surface area contributed by atoms with Gasteiger partial charge in [0.05, 0.1) is 6.61 Å². The molecule has 96 valence electrons. The second kappa shape index (κ2) is 9.52. The van der Waals surface area contributed by atoms with Crippen LogP contribution < -0.4 is 4.74 Å². The highest BCUT2D eigenvalue weighted by molar-refractivity contribution is 9.08. The largest absolute Gasteiger partial charge is 0.493 e. The first kappa shape index (κ1) is 14.6. The van der Waals surface area contributed by atoms with Gasteiger partial charge in [0, 0.05) is 10.9 Å². The van der Waals surface area contributed by atoms with Crippen LogP contribution in [-0.2, 0) is 5.33 Å². The number of alkyl halides is 1. The summed E-state index contributed by atoms with van der Waals surface area (Å²) in [5, 5.41) is 0.861. The van der Waals surface area contributed by atoms with Crippen molar-refractivity contribution in [1.29, 1.82) is 0 Å². The first-order chi connectivity index (χ1) is 8.38. The molecule has 0 saturated heterocycles. The van der Waals surface area contributed by atoms with E-state index in [1.165, 1.54) is 44.1 Å². The maximum absolute atomic E-state index is 5.80. The molecule has 17 heavy (non-hydrogen) atoms. The molecule has 1 aromatic carbocycles. The summed E-state index contributed by atoms with van der Waals surface area (Å²) in [5.74, 6) is 1.03. The van der Waals surface area contributed by atoms with Crippen LogP contribution >= 0.6 is 15.9 Å². The zero-order chi connectivity index (χ0) is 12.3. The Morgan fingerprint density at radius 1 is 1.00 bits per heavy atom. The number of halogens is 1. The molecule has 0 N–H and O–H groups in total. The Morgan fingerprint density at radius 3 is 2.47 bits per heavy atom. The van der Waals surface area contributed by atoms with Crippen LogP contribution in [0, 0.1) is 0 Å². The number of ether oxygens (including phenoxy) is 1. The van der Waals surface area contributed by atoms with Gasteiger partial charge in [-0.1, -0.05) is 73.2 Å². The molecule has 1 rings (SSSR count). The van der Waals surface area contributed by atoms with Crippen molar-refractivity contribution < 1.29 is 4.74 Å². The molecule has 0 atom stereocenters. The second-order valence-electron chi connectivity index (χ2n) is 4.36. The van der Waals surface area contributed by atoms with Crippen molar-refractivity contribution in [2.45, 2.75) is 50.8 Å². The summed E-state index contributed by atoms with van der Waals surface area (Å²) in [6.45, 7) is 3.09. The first-order valence-electron chi connectivity index (χ1n) is 6.65. The third kappa shape index (κ3) is 6.11. The number of unbranched alkanes of at least 4 members (excludes halogenated alkanes) is 5. The quantitative estimate of drug-likeness (QED) is 0.443. The second-order valence-corrected chi connectivity index (χ2v) is 4.92.